The minimum atomic E-state index is -0.895. The van der Waals surface area contributed by atoms with E-state index in [1.165, 1.54) is 0 Å². The van der Waals surface area contributed by atoms with E-state index in [0.717, 1.165) is 38.5 Å². The highest BCUT2D eigenvalue weighted by Crippen LogP contribution is 2.39. The first-order valence-corrected chi connectivity index (χ1v) is 10.2. The number of amides is 1. The summed E-state index contributed by atoms with van der Waals surface area (Å²) >= 11 is 0. The SMILES string of the molecule is CCC[C@@H](C)C(=O)OCC.C[C@H](N)C(=O)N1[C@H](C(=O)O)C[C@@H]2CCCC[C@@H]21.S.S. The number of carbonyl (C=O) groups excluding carboxylic acids is 2. The third-order valence-corrected chi connectivity index (χ3v) is 5.43. The molecule has 0 radical (unpaired) electrons. The summed E-state index contributed by atoms with van der Waals surface area (Å²) in [6, 6.07) is -1.18. The molecule has 3 N–H and O–H groups in total. The van der Waals surface area contributed by atoms with Gasteiger partial charge in [0.2, 0.25) is 5.91 Å². The third-order valence-electron chi connectivity index (χ3n) is 5.43. The molecular weight excluding hydrogens is 412 g/mol. The van der Waals surface area contributed by atoms with E-state index in [0.29, 0.717) is 18.9 Å². The molecule has 9 heteroatoms. The fourth-order valence-corrected chi connectivity index (χ4v) is 4.07. The molecule has 7 nitrogen and oxygen atoms in total. The Kier molecular flexibility index (Phi) is 15.6. The van der Waals surface area contributed by atoms with Gasteiger partial charge in [0, 0.05) is 6.04 Å². The van der Waals surface area contributed by atoms with Gasteiger partial charge in [-0.3, -0.25) is 9.59 Å². The van der Waals surface area contributed by atoms with Crippen LogP contribution in [-0.4, -0.2) is 52.6 Å². The van der Waals surface area contributed by atoms with Gasteiger partial charge < -0.3 is 20.5 Å². The number of fused-ring (bicyclic) bond motifs is 1. The second kappa shape index (κ2) is 15.0. The molecule has 2 fully saturated rings. The van der Waals surface area contributed by atoms with Crippen LogP contribution in [0.15, 0.2) is 0 Å². The fraction of sp³-hybridized carbons (Fsp3) is 0.850. The van der Waals surface area contributed by atoms with Crippen molar-refractivity contribution >= 4 is 44.8 Å². The van der Waals surface area contributed by atoms with Crippen LogP contribution in [0.2, 0.25) is 0 Å². The predicted molar refractivity (Wildman–Crippen MR) is 124 cm³/mol. The van der Waals surface area contributed by atoms with Crippen molar-refractivity contribution in [2.24, 2.45) is 17.6 Å². The normalized spacial score (nSPS) is 24.4. The van der Waals surface area contributed by atoms with Crippen LogP contribution in [0.5, 0.6) is 0 Å². The topological polar surface area (TPSA) is 110 Å². The highest BCUT2D eigenvalue weighted by Gasteiger charge is 2.47. The molecule has 29 heavy (non-hydrogen) atoms. The zero-order chi connectivity index (χ0) is 20.6. The van der Waals surface area contributed by atoms with E-state index in [-0.39, 0.29) is 50.8 Å². The van der Waals surface area contributed by atoms with Crippen LogP contribution >= 0.6 is 27.0 Å². The lowest BCUT2D eigenvalue weighted by Crippen LogP contribution is -2.51. The van der Waals surface area contributed by atoms with Gasteiger partial charge in [0.05, 0.1) is 18.6 Å². The summed E-state index contributed by atoms with van der Waals surface area (Å²) < 4.78 is 4.82. The van der Waals surface area contributed by atoms with Crippen molar-refractivity contribution in [3.63, 3.8) is 0 Å². The molecule has 0 bridgehead atoms. The predicted octanol–water partition coefficient (Wildman–Crippen LogP) is 2.79. The van der Waals surface area contributed by atoms with Crippen molar-refractivity contribution in [1.82, 2.24) is 4.90 Å². The van der Waals surface area contributed by atoms with Gasteiger partial charge in [-0.1, -0.05) is 33.1 Å². The number of hydrogen-bond donors (Lipinski definition) is 2. The summed E-state index contributed by atoms with van der Waals surface area (Å²) in [7, 11) is 0. The standard InChI is InChI=1S/C12H20N2O3.C8H16O2.2H2S/c1-7(13)11(15)14-9-5-3-2-4-8(9)6-10(14)12(16)17;1-4-6-7(3)8(9)10-5-2;;/h7-10H,2-6,13H2,1H3,(H,16,17);7H,4-6H2,1-3H3;2*1H2/t7-,8-,9-,10-;7-;;/m01../s1. The number of nitrogens with two attached hydrogens (primary N) is 1. The Balaban J connectivity index is 0. The van der Waals surface area contributed by atoms with Gasteiger partial charge in [-0.05, 0) is 45.4 Å². The van der Waals surface area contributed by atoms with Gasteiger partial charge in [0.1, 0.15) is 6.04 Å². The smallest absolute Gasteiger partial charge is 0.326 e. The van der Waals surface area contributed by atoms with Crippen molar-refractivity contribution in [1.29, 1.82) is 0 Å². The van der Waals surface area contributed by atoms with Crippen molar-refractivity contribution < 1.29 is 24.2 Å². The summed E-state index contributed by atoms with van der Waals surface area (Å²) in [5, 5.41) is 9.23. The number of ether oxygens (including phenoxy) is 1. The minimum Gasteiger partial charge on any atom is -0.480 e. The second-order valence-electron chi connectivity index (χ2n) is 7.68. The molecule has 1 heterocycles. The first-order valence-electron chi connectivity index (χ1n) is 10.2. The number of nitrogens with zero attached hydrogens (tertiary/aromatic N) is 1. The summed E-state index contributed by atoms with van der Waals surface area (Å²) in [6.45, 7) is 7.91. The van der Waals surface area contributed by atoms with E-state index in [9.17, 15) is 19.5 Å². The number of carboxylic acids is 1. The lowest BCUT2D eigenvalue weighted by molar-refractivity contribution is -0.150. The second-order valence-corrected chi connectivity index (χ2v) is 7.68. The van der Waals surface area contributed by atoms with Crippen LogP contribution in [0.25, 0.3) is 0 Å². The Hall–Kier alpha value is -0.930. The number of aliphatic carboxylic acids is 1. The van der Waals surface area contributed by atoms with Crippen LogP contribution in [0, 0.1) is 11.8 Å². The maximum atomic E-state index is 12.1. The number of carboxylic acid groups (broad SMARTS) is 1. The summed E-state index contributed by atoms with van der Waals surface area (Å²) in [5.74, 6) is -0.748. The van der Waals surface area contributed by atoms with Crippen LogP contribution < -0.4 is 5.73 Å². The number of rotatable bonds is 6. The number of carbonyl (C=O) groups is 3. The molecule has 5 atom stereocenters. The Bertz CT molecular complexity index is 519. The average molecular weight is 453 g/mol. The molecular formula is C20H40N2O5S2. The number of esters is 1. The van der Waals surface area contributed by atoms with Gasteiger partial charge in [-0.2, -0.15) is 27.0 Å². The van der Waals surface area contributed by atoms with E-state index in [4.69, 9.17) is 10.5 Å². The molecule has 0 aromatic rings. The van der Waals surface area contributed by atoms with Crippen molar-refractivity contribution in [2.45, 2.75) is 90.8 Å². The summed E-state index contributed by atoms with van der Waals surface area (Å²) in [5.41, 5.74) is 5.62. The molecule has 1 saturated heterocycles. The molecule has 0 unspecified atom stereocenters. The zero-order valence-electron chi connectivity index (χ0n) is 18.1. The van der Waals surface area contributed by atoms with Crippen molar-refractivity contribution in [2.75, 3.05) is 6.61 Å². The van der Waals surface area contributed by atoms with E-state index in [1.54, 1.807) is 11.8 Å². The molecule has 0 spiro atoms. The molecule has 1 aliphatic heterocycles. The first kappa shape index (κ1) is 30.3. The van der Waals surface area contributed by atoms with E-state index in [1.807, 2.05) is 13.8 Å². The average Bonchev–Trinajstić information content (AvgIpc) is 3.01. The van der Waals surface area contributed by atoms with Gasteiger partial charge in [0.25, 0.3) is 0 Å². The Morgan fingerprint density at radius 1 is 1.14 bits per heavy atom. The first-order chi connectivity index (χ1) is 12.7. The fourth-order valence-electron chi connectivity index (χ4n) is 4.07. The lowest BCUT2D eigenvalue weighted by Gasteiger charge is -2.33. The van der Waals surface area contributed by atoms with Gasteiger partial charge in [0.15, 0.2) is 0 Å². The summed E-state index contributed by atoms with van der Waals surface area (Å²) in [4.78, 5) is 35.8. The summed E-state index contributed by atoms with van der Waals surface area (Å²) in [6.07, 6.45) is 6.76. The quantitative estimate of drug-likeness (QED) is 0.600. The molecule has 2 aliphatic rings. The molecule has 1 amide bonds. The van der Waals surface area contributed by atoms with E-state index >= 15 is 0 Å². The Morgan fingerprint density at radius 3 is 2.21 bits per heavy atom. The third kappa shape index (κ3) is 8.76. The lowest BCUT2D eigenvalue weighted by atomic mass is 9.84. The minimum absolute atomic E-state index is 0. The van der Waals surface area contributed by atoms with Crippen LogP contribution in [0.3, 0.4) is 0 Å². The van der Waals surface area contributed by atoms with E-state index < -0.39 is 18.1 Å². The van der Waals surface area contributed by atoms with Gasteiger partial charge in [-0.15, -0.1) is 0 Å². The highest BCUT2D eigenvalue weighted by molar-refractivity contribution is 7.59. The molecule has 172 valence electrons. The monoisotopic (exact) mass is 452 g/mol. The van der Waals surface area contributed by atoms with Crippen LogP contribution in [-0.2, 0) is 19.1 Å². The Morgan fingerprint density at radius 2 is 1.72 bits per heavy atom. The van der Waals surface area contributed by atoms with Gasteiger partial charge in [-0.25, -0.2) is 4.79 Å². The molecule has 1 saturated carbocycles. The molecule has 2 rings (SSSR count). The van der Waals surface area contributed by atoms with Gasteiger partial charge >= 0.3 is 11.9 Å². The molecule has 1 aliphatic carbocycles. The van der Waals surface area contributed by atoms with Crippen molar-refractivity contribution in [3.05, 3.63) is 0 Å². The number of likely N-dealkylation sites (tertiary alicyclic amines) is 1. The van der Waals surface area contributed by atoms with Crippen LogP contribution in [0.4, 0.5) is 0 Å². The van der Waals surface area contributed by atoms with E-state index in [2.05, 4.69) is 6.92 Å². The Labute approximate surface area is 189 Å². The number of hydrogen-bond acceptors (Lipinski definition) is 5. The maximum Gasteiger partial charge on any atom is 0.326 e. The highest BCUT2D eigenvalue weighted by atomic mass is 32.1. The molecule has 0 aromatic carbocycles. The zero-order valence-corrected chi connectivity index (χ0v) is 20.1. The largest absolute Gasteiger partial charge is 0.480 e. The van der Waals surface area contributed by atoms with Crippen molar-refractivity contribution in [3.8, 4) is 0 Å². The van der Waals surface area contributed by atoms with Crippen LogP contribution in [0.1, 0.15) is 72.6 Å². The maximum absolute atomic E-state index is 12.1. The molecule has 0 aromatic heterocycles.